The predicted molar refractivity (Wildman–Crippen MR) is 497 cm³/mol. The highest BCUT2D eigenvalue weighted by atomic mass is 16.3. The molecule has 0 aromatic heterocycles. The van der Waals surface area contributed by atoms with Crippen molar-refractivity contribution in [2.24, 2.45) is 23.7 Å². The summed E-state index contributed by atoms with van der Waals surface area (Å²) in [6.45, 7) is 27.0. The molecule has 8 aliphatic carbocycles. The van der Waals surface area contributed by atoms with Crippen molar-refractivity contribution in [2.45, 2.75) is 178 Å². The van der Waals surface area contributed by atoms with Crippen molar-refractivity contribution in [2.75, 3.05) is 0 Å². The minimum atomic E-state index is -0.380. The Bertz CT molecular complexity index is 5720. The summed E-state index contributed by atoms with van der Waals surface area (Å²) in [7, 11) is 0. The summed E-state index contributed by atoms with van der Waals surface area (Å²) in [6.07, 6.45) is 10.3. The monoisotopic (exact) mass is 1590 g/mol. The number of aryl methyl sites for hydroxylation is 5. The fourth-order valence-corrected chi connectivity index (χ4v) is 24.1. The van der Waals surface area contributed by atoms with E-state index in [0.29, 0.717) is 23.0 Å². The molecule has 5 N–H and O–H groups in total. The van der Waals surface area contributed by atoms with Crippen LogP contribution < -0.4 is 0 Å². The number of phenolic OH excluding ortho intramolecular Hbond substituents is 5. The molecule has 5 heteroatoms. The van der Waals surface area contributed by atoms with Crippen LogP contribution in [0, 0.1) is 58.3 Å². The standard InChI is InChI=1S/C26H20O.C24H24O.C23H26O.C22H26O.C21H20O/c1-18-10-12-19(13-11-18)26(20-14-16-21(27)17-15-20)24-8-4-2-6-22(24)23-7-3-5-9-25(23)26;1-17-8-10-18(11-9-17)24(19-12-14-20(25)15-13-19)16-23(2,3)21-6-4-5-7-22(21)24;1-15-2-4-18(5-3-15)23(19-6-8-22(24)9-7-19)20-11-16-10-17(13-20)14-21(23)12-16;1-14-6-8-16-18(10-14)22(12-20(16,2)3)13-21(4,5)17-9-7-15(23)11-19(17)22;1-16-8-10-18(11-9-16)21(2,17-6-4-3-5-7-17)19-12-14-20(22)15-13-19/h2-17,27H,1H3;4-15,25H,16H2,1-3H3;2-9,16-17,20-21,24H,10-14H2,1H3;6-11,23H,12-13H2,1-5H3;3-15,22H,1-2H3. The zero-order valence-corrected chi connectivity index (χ0v) is 72.5. The lowest BCUT2D eigenvalue weighted by Gasteiger charge is -2.62. The van der Waals surface area contributed by atoms with Gasteiger partial charge in [-0.05, 0) is 299 Å². The van der Waals surface area contributed by atoms with Crippen LogP contribution in [0.15, 0.2) is 334 Å². The van der Waals surface area contributed by atoms with E-state index in [0.717, 1.165) is 42.9 Å². The van der Waals surface area contributed by atoms with Gasteiger partial charge in [0.05, 0.1) is 5.41 Å². The van der Waals surface area contributed by atoms with Gasteiger partial charge in [-0.25, -0.2) is 0 Å². The molecule has 0 saturated heterocycles. The van der Waals surface area contributed by atoms with Crippen LogP contribution >= 0.6 is 0 Å². The fraction of sp³-hybridized carbons (Fsp3) is 0.276. The number of hydrogen-bond acceptors (Lipinski definition) is 5. The van der Waals surface area contributed by atoms with Gasteiger partial charge in [0.15, 0.2) is 0 Å². The maximum atomic E-state index is 10.1. The molecule has 610 valence electrons. The van der Waals surface area contributed by atoms with Crippen molar-refractivity contribution in [1.82, 2.24) is 0 Å². The van der Waals surface area contributed by atoms with Crippen LogP contribution in [0.1, 0.15) is 222 Å². The number of benzene rings is 14. The quantitative estimate of drug-likeness (QED) is 0.0927. The molecule has 5 nitrogen and oxygen atoms in total. The highest BCUT2D eigenvalue weighted by molar-refractivity contribution is 5.86. The summed E-state index contributed by atoms with van der Waals surface area (Å²) in [5.74, 6) is 5.11. The Morgan fingerprint density at radius 2 is 0.562 bits per heavy atom. The van der Waals surface area contributed by atoms with E-state index in [1.165, 1.54) is 166 Å². The number of phenols is 5. The molecular formula is C116H116O5. The third-order valence-electron chi connectivity index (χ3n) is 29.3. The van der Waals surface area contributed by atoms with Crippen LogP contribution in [0.25, 0.3) is 11.1 Å². The molecular weight excluding hydrogens is 1470 g/mol. The summed E-state index contributed by atoms with van der Waals surface area (Å²) < 4.78 is 0. The number of aromatic hydroxyl groups is 5. The van der Waals surface area contributed by atoms with Gasteiger partial charge in [0.1, 0.15) is 28.7 Å². The van der Waals surface area contributed by atoms with Gasteiger partial charge in [-0.2, -0.15) is 0 Å². The van der Waals surface area contributed by atoms with Gasteiger partial charge >= 0.3 is 0 Å². The lowest BCUT2D eigenvalue weighted by Crippen LogP contribution is -2.56. The second kappa shape index (κ2) is 31.6. The van der Waals surface area contributed by atoms with E-state index >= 15 is 0 Å². The molecule has 0 aliphatic heterocycles. The average Bonchev–Trinajstić information content (AvgIpc) is 1.68. The van der Waals surface area contributed by atoms with Crippen LogP contribution in [-0.2, 0) is 43.3 Å². The normalized spacial score (nSPS) is 22.2. The number of fused-ring (bicyclic) bond motifs is 8. The van der Waals surface area contributed by atoms with E-state index in [4.69, 9.17) is 0 Å². The van der Waals surface area contributed by atoms with E-state index in [2.05, 4.69) is 326 Å². The molecule has 121 heavy (non-hydrogen) atoms. The summed E-state index contributed by atoms with van der Waals surface area (Å²) in [4.78, 5) is 0. The summed E-state index contributed by atoms with van der Waals surface area (Å²) in [5, 5.41) is 49.2. The first-order valence-corrected chi connectivity index (χ1v) is 43.8. The third kappa shape index (κ3) is 14.4. The van der Waals surface area contributed by atoms with E-state index < -0.39 is 0 Å². The van der Waals surface area contributed by atoms with Gasteiger partial charge < -0.3 is 25.5 Å². The van der Waals surface area contributed by atoms with Gasteiger partial charge in [-0.15, -0.1) is 0 Å². The SMILES string of the molecule is Cc1ccc(C(C)(c2ccccc2)c2ccc(O)cc2)cc1.Cc1ccc(C2(c3ccc(O)cc3)C3CC4CC(C3)CC2C4)cc1.Cc1ccc(C2(c3ccc(O)cc3)CC(C)(C)c3ccccc32)cc1.Cc1ccc(C2(c3ccc(O)cc3)c3ccccc3-c3ccccc32)cc1.Cc1ccc2c(c1)C1(CC2(C)C)CC(C)(C)c2ccc(O)cc21. The molecule has 3 unspecified atom stereocenters. The molecule has 4 saturated carbocycles. The minimum absolute atomic E-state index is 0.0441. The Morgan fingerprint density at radius 3 is 1.02 bits per heavy atom. The molecule has 22 rings (SSSR count). The molecule has 8 aliphatic rings. The first kappa shape index (κ1) is 81.4. The largest absolute Gasteiger partial charge is 0.508 e. The predicted octanol–water partition coefficient (Wildman–Crippen LogP) is 27.6. The summed E-state index contributed by atoms with van der Waals surface area (Å²) in [5.41, 5.74) is 31.5. The van der Waals surface area contributed by atoms with Crippen LogP contribution in [0.3, 0.4) is 0 Å². The number of hydrogen-bond donors (Lipinski definition) is 5. The van der Waals surface area contributed by atoms with Gasteiger partial charge in [0, 0.05) is 21.7 Å². The lowest BCUT2D eigenvalue weighted by molar-refractivity contribution is -0.0418. The van der Waals surface area contributed by atoms with Crippen LogP contribution in [-0.4, -0.2) is 25.5 Å². The zero-order valence-electron chi connectivity index (χ0n) is 72.5. The highest BCUT2D eigenvalue weighted by Gasteiger charge is 2.60. The topological polar surface area (TPSA) is 101 Å². The van der Waals surface area contributed by atoms with Crippen LogP contribution in [0.2, 0.25) is 0 Å². The summed E-state index contributed by atoms with van der Waals surface area (Å²) >= 11 is 0. The van der Waals surface area contributed by atoms with Crippen molar-refractivity contribution >= 4 is 0 Å². The Morgan fingerprint density at radius 1 is 0.256 bits per heavy atom. The average molecular weight is 1590 g/mol. The molecule has 0 heterocycles. The minimum Gasteiger partial charge on any atom is -0.508 e. The second-order valence-corrected chi connectivity index (χ2v) is 38.7. The van der Waals surface area contributed by atoms with Crippen LogP contribution in [0.5, 0.6) is 28.7 Å². The first-order valence-electron chi connectivity index (χ1n) is 43.8. The van der Waals surface area contributed by atoms with Crippen molar-refractivity contribution in [3.63, 3.8) is 0 Å². The maximum Gasteiger partial charge on any atom is 0.115 e. The van der Waals surface area contributed by atoms with Gasteiger partial charge in [0.25, 0.3) is 0 Å². The molecule has 14 aromatic rings. The molecule has 14 aromatic carbocycles. The van der Waals surface area contributed by atoms with Gasteiger partial charge in [-0.3, -0.25) is 0 Å². The molecule has 3 atom stereocenters. The Hall–Kier alpha value is -11.9. The molecule has 1 spiro atoms. The van der Waals surface area contributed by atoms with E-state index in [1.807, 2.05) is 54.6 Å². The van der Waals surface area contributed by atoms with E-state index in [1.54, 1.807) is 36.4 Å². The summed E-state index contributed by atoms with van der Waals surface area (Å²) in [6, 6.07) is 117. The Labute approximate surface area is 718 Å². The smallest absolute Gasteiger partial charge is 0.115 e. The lowest BCUT2D eigenvalue weighted by atomic mass is 9.42. The third-order valence-corrected chi connectivity index (χ3v) is 29.3. The highest BCUT2D eigenvalue weighted by Crippen LogP contribution is 2.67. The Balaban J connectivity index is 0.000000108. The van der Waals surface area contributed by atoms with Gasteiger partial charge in [0.2, 0.25) is 0 Å². The van der Waals surface area contributed by atoms with E-state index in [-0.39, 0.29) is 49.1 Å². The zero-order chi connectivity index (χ0) is 84.6. The number of rotatable bonds is 9. The van der Waals surface area contributed by atoms with Gasteiger partial charge in [-0.1, -0.05) is 342 Å². The van der Waals surface area contributed by atoms with E-state index in [9.17, 15) is 25.5 Å². The van der Waals surface area contributed by atoms with Crippen molar-refractivity contribution < 1.29 is 25.5 Å². The molecule has 4 bridgehead atoms. The van der Waals surface area contributed by atoms with Crippen LogP contribution in [0.4, 0.5) is 0 Å². The fourth-order valence-electron chi connectivity index (χ4n) is 24.1. The maximum absolute atomic E-state index is 10.1. The molecule has 0 radical (unpaired) electrons. The molecule has 4 fully saturated rings. The molecule has 0 amide bonds. The Kier molecular flexibility index (Phi) is 21.3. The van der Waals surface area contributed by atoms with Crippen molar-refractivity contribution in [1.29, 1.82) is 0 Å². The van der Waals surface area contributed by atoms with Crippen molar-refractivity contribution in [3.05, 3.63) is 456 Å². The first-order chi connectivity index (χ1) is 58.1. The second-order valence-electron chi connectivity index (χ2n) is 38.7. The van der Waals surface area contributed by atoms with Crippen molar-refractivity contribution in [3.8, 4) is 39.9 Å².